The number of aryl methyl sites for hydroxylation is 5. The Hall–Kier alpha value is -12.8. The molecule has 0 aliphatic heterocycles. The topological polar surface area (TPSA) is 9.23 Å². The first-order valence-corrected chi connectivity index (χ1v) is 58.0. The van der Waals surface area contributed by atoms with Crippen molar-refractivity contribution >= 4 is 0 Å². The highest BCUT2D eigenvalue weighted by molar-refractivity contribution is 5.71. The van der Waals surface area contributed by atoms with Crippen molar-refractivity contribution < 1.29 is 4.74 Å². The highest BCUT2D eigenvalue weighted by Gasteiger charge is 2.42. The van der Waals surface area contributed by atoms with Crippen molar-refractivity contribution in [3.8, 4) is 77.9 Å². The van der Waals surface area contributed by atoms with Gasteiger partial charge in [0.05, 0.1) is 12.7 Å². The molecule has 149 heavy (non-hydrogen) atoms. The van der Waals surface area contributed by atoms with E-state index in [9.17, 15) is 0 Å². The molecule has 0 radical (unpaired) electrons. The Morgan fingerprint density at radius 3 is 0.859 bits per heavy atom. The van der Waals surface area contributed by atoms with E-state index in [1.54, 1.807) is 0 Å². The molecule has 0 amide bonds. The summed E-state index contributed by atoms with van der Waals surface area (Å²) in [5, 5.41) is 0. The van der Waals surface area contributed by atoms with Crippen molar-refractivity contribution in [2.24, 2.45) is 118 Å². The molecule has 21 unspecified atom stereocenters. The first-order chi connectivity index (χ1) is 73.5. The molecular formula is C148H156O. The van der Waals surface area contributed by atoms with Gasteiger partial charge >= 0.3 is 0 Å². The number of rotatable bonds is 28. The minimum absolute atomic E-state index is 0.471. The second-order valence-corrected chi connectivity index (χ2v) is 46.8. The third kappa shape index (κ3) is 26.3. The van der Waals surface area contributed by atoms with E-state index >= 15 is 0 Å². The molecule has 0 saturated heterocycles. The molecule has 1 nitrogen and oxygen atoms in total. The number of fused-ring (bicyclic) bond motifs is 14. The van der Waals surface area contributed by atoms with Gasteiger partial charge in [0.1, 0.15) is 0 Å². The number of hydrogen-bond donors (Lipinski definition) is 0. The van der Waals surface area contributed by atoms with Crippen LogP contribution in [-0.2, 0) is 56.1 Å². The van der Waals surface area contributed by atoms with Crippen LogP contribution in [0.5, 0.6) is 0 Å². The van der Waals surface area contributed by atoms with E-state index in [2.05, 4.69) is 469 Å². The summed E-state index contributed by atoms with van der Waals surface area (Å²) in [5.74, 6) is 17.5. The van der Waals surface area contributed by atoms with E-state index in [0.29, 0.717) is 12.0 Å². The van der Waals surface area contributed by atoms with E-state index in [0.717, 1.165) is 132 Å². The summed E-state index contributed by atoms with van der Waals surface area (Å²) in [7, 11) is 0. The fourth-order valence-electron chi connectivity index (χ4n) is 28.6. The van der Waals surface area contributed by atoms with Crippen LogP contribution in [0.3, 0.4) is 0 Å². The molecule has 14 aromatic rings. The van der Waals surface area contributed by atoms with Gasteiger partial charge in [-0.15, -0.1) is 0 Å². The molecule has 14 bridgehead atoms. The van der Waals surface area contributed by atoms with E-state index in [-0.39, 0.29) is 0 Å². The highest BCUT2D eigenvalue weighted by atomic mass is 16.5. The lowest BCUT2D eigenvalue weighted by atomic mass is 9.85. The number of hydrogen-bond acceptors (Lipinski definition) is 1. The molecule has 7 saturated carbocycles. The molecule has 14 aliphatic carbocycles. The van der Waals surface area contributed by atoms with Crippen molar-refractivity contribution in [3.63, 3.8) is 0 Å². The first-order valence-electron chi connectivity index (χ1n) is 58.0. The quantitative estimate of drug-likeness (QED) is 0.0444. The zero-order valence-corrected chi connectivity index (χ0v) is 88.4. The van der Waals surface area contributed by atoms with Crippen LogP contribution < -0.4 is 0 Å². The summed E-state index contributed by atoms with van der Waals surface area (Å²) in [6.45, 7) is 5.24. The lowest BCUT2D eigenvalue weighted by Crippen LogP contribution is -2.19. The van der Waals surface area contributed by atoms with Gasteiger partial charge in [0, 0.05) is 5.92 Å². The average molecular weight is 1950 g/mol. The molecule has 14 aromatic carbocycles. The maximum Gasteiger partial charge on any atom is 0.0643 e. The summed E-state index contributed by atoms with van der Waals surface area (Å²) >= 11 is 0. The average Bonchev–Trinajstić information content (AvgIpc) is 1.67. The van der Waals surface area contributed by atoms with Crippen molar-refractivity contribution in [1.82, 2.24) is 0 Å². The van der Waals surface area contributed by atoms with Crippen LogP contribution in [0.4, 0.5) is 0 Å². The lowest BCUT2D eigenvalue weighted by Gasteiger charge is -2.20. The maximum absolute atomic E-state index is 6.10. The van der Waals surface area contributed by atoms with Gasteiger partial charge in [0.2, 0.25) is 0 Å². The minimum Gasteiger partial charge on any atom is -0.377 e. The number of ether oxygens (including phenoxy) is 1. The Balaban J connectivity index is 0.0000000984. The van der Waals surface area contributed by atoms with E-state index in [1.807, 2.05) is 0 Å². The molecule has 0 heterocycles. The molecule has 28 rings (SSSR count). The van der Waals surface area contributed by atoms with Gasteiger partial charge in [-0.3, -0.25) is 0 Å². The normalized spacial score (nSPS) is 26.2. The third-order valence-corrected chi connectivity index (χ3v) is 36.9. The van der Waals surface area contributed by atoms with Crippen molar-refractivity contribution in [1.29, 1.82) is 0 Å². The Bertz CT molecular complexity index is 6700. The molecule has 14 aliphatic rings. The van der Waals surface area contributed by atoms with Gasteiger partial charge in [-0.1, -0.05) is 462 Å². The Morgan fingerprint density at radius 2 is 0.497 bits per heavy atom. The Morgan fingerprint density at radius 1 is 0.201 bits per heavy atom. The fraction of sp³-hybridized carbons (Fsp3) is 0.338. The molecule has 754 valence electrons. The Labute approximate surface area is 893 Å². The van der Waals surface area contributed by atoms with E-state index < -0.39 is 0 Å². The van der Waals surface area contributed by atoms with Gasteiger partial charge < -0.3 is 4.74 Å². The minimum atomic E-state index is 0.471. The van der Waals surface area contributed by atoms with Gasteiger partial charge in [-0.25, -0.2) is 0 Å². The van der Waals surface area contributed by atoms with E-state index in [1.165, 1.54) is 282 Å². The summed E-state index contributed by atoms with van der Waals surface area (Å²) in [6, 6.07) is 135. The predicted molar refractivity (Wildman–Crippen MR) is 630 cm³/mol. The van der Waals surface area contributed by atoms with Crippen LogP contribution in [0.2, 0.25) is 0 Å². The smallest absolute Gasteiger partial charge is 0.0643 e. The van der Waals surface area contributed by atoms with Crippen LogP contribution >= 0.6 is 0 Å². The van der Waals surface area contributed by atoms with Crippen LogP contribution in [0.15, 0.2) is 455 Å². The maximum atomic E-state index is 6.10. The van der Waals surface area contributed by atoms with Crippen molar-refractivity contribution in [2.75, 3.05) is 6.61 Å². The zero-order valence-electron chi connectivity index (χ0n) is 88.4. The van der Waals surface area contributed by atoms with Gasteiger partial charge in [-0.2, -0.15) is 0 Å². The van der Waals surface area contributed by atoms with Crippen LogP contribution in [0, 0.1) is 125 Å². The van der Waals surface area contributed by atoms with E-state index in [4.69, 9.17) is 4.74 Å². The summed E-state index contributed by atoms with van der Waals surface area (Å²) in [4.78, 5) is 0. The standard InChI is InChI=1S/C23H26.C22H24.C21H22O.2C21H22.2C20H20/c1-2-17-3-9-20(10-4-17)21-11-5-18(6-12-21)7-13-22-15-19-8-14-23(22)16-19;1-2-6-19(7-3-1)20-12-9-17(10-13-20)5-4-8-21-15-18-11-14-22(21)16-18;1-2-4-18(5-3-1)19-9-6-16(7-10-19)12-13-22-21-15-17-8-11-20(21)14-17;1-15-5-2-3-8-21(15)19-7-4-6-16(12-19)13-20-14-17-9-10-18(20)11-17;1-2-4-18(5-3-1)19-10-6-16(7-11-19)8-12-20-14-17-9-13-21(20)15-17;1-2-6-16(7-3-1)20-9-5-4-8-18(20)14-19-13-15-10-11-17(19)12-15;1-2-4-17(5-3-1)18-9-6-15(7-10-18)12-20-14-16-8-11-19(20)13-16/h3-6,8-12,14,19,22-23H,2,7,13,15-16H2,1H3;1-3,6-7,9-14,18,21-22H,4-5,8,15-16H2;1-11,17,20-21H,12-15H2;2-10,12,17-18,20H,11,13-14H2,1H3;1-7,9-11,13,17,20-21H,8,12,14-15H2;1-11,15,17,19H,12-14H2;1-11,16,19-20H,12-14H2. The highest BCUT2D eigenvalue weighted by Crippen LogP contribution is 2.52. The number of allylic oxidation sites excluding steroid dienone is 13. The molecule has 1 heteroatoms. The summed E-state index contributed by atoms with van der Waals surface area (Å²) in [5.41, 5.74) is 31.7. The summed E-state index contributed by atoms with van der Waals surface area (Å²) in [6.07, 6.45) is 69.2. The second-order valence-electron chi connectivity index (χ2n) is 46.8. The van der Waals surface area contributed by atoms with Crippen molar-refractivity contribution in [3.05, 3.63) is 505 Å². The van der Waals surface area contributed by atoms with Crippen LogP contribution in [0.25, 0.3) is 77.9 Å². The van der Waals surface area contributed by atoms with Crippen LogP contribution in [-0.4, -0.2) is 12.7 Å². The predicted octanol–water partition coefficient (Wildman–Crippen LogP) is 38.0. The molecular weight excluding hydrogens is 1790 g/mol. The third-order valence-electron chi connectivity index (χ3n) is 36.9. The summed E-state index contributed by atoms with van der Waals surface area (Å²) < 4.78 is 6.10. The second kappa shape index (κ2) is 49.3. The molecule has 7 fully saturated rings. The first kappa shape index (κ1) is 101. The Kier molecular flexibility index (Phi) is 33.4. The largest absolute Gasteiger partial charge is 0.377 e. The fourth-order valence-corrected chi connectivity index (χ4v) is 28.6. The SMILES string of the molecule is C1=CC2CC1CC2CCCc1ccc(-c2ccccc2)cc1.C1=CC2CC1CC2CCc1ccc(-c2ccccc2)cc1.C1=CC2CC1CC2Cc1ccc(-c2ccccc2)cc1.C1=CC2CC1CC2Cc1ccccc1-c1ccccc1.C1=CC2CC1CC2OCCc1ccc(-c2ccccc2)cc1.CCc1ccc(-c2ccc(CCC3CC4C=CC3C4)cc2)cc1.Cc1ccccc1-c1cccc(CC2CC3C=CC2C3)c1. The molecule has 0 aromatic heterocycles. The monoisotopic (exact) mass is 1950 g/mol. The van der Waals surface area contributed by atoms with Gasteiger partial charge in [0.25, 0.3) is 0 Å². The van der Waals surface area contributed by atoms with Gasteiger partial charge in [-0.05, 0) is 414 Å². The van der Waals surface area contributed by atoms with Gasteiger partial charge in [0.15, 0.2) is 0 Å². The molecule has 21 atom stereocenters. The lowest BCUT2D eigenvalue weighted by molar-refractivity contribution is 0.0386. The number of benzene rings is 14. The van der Waals surface area contributed by atoms with Crippen molar-refractivity contribution in [2.45, 2.75) is 187 Å². The molecule has 0 spiro atoms. The zero-order chi connectivity index (χ0) is 100. The molecule has 0 N–H and O–H groups in total. The van der Waals surface area contributed by atoms with Crippen LogP contribution in [0.1, 0.15) is 173 Å².